The lowest BCUT2D eigenvalue weighted by atomic mass is 10.1. The maximum atomic E-state index is 12.2. The smallest absolute Gasteiger partial charge is 0.233 e. The summed E-state index contributed by atoms with van der Waals surface area (Å²) >= 11 is 1.53. The van der Waals surface area contributed by atoms with Crippen molar-refractivity contribution in [1.29, 1.82) is 0 Å². The van der Waals surface area contributed by atoms with Crippen molar-refractivity contribution in [2.24, 2.45) is 0 Å². The van der Waals surface area contributed by atoms with Crippen LogP contribution in [-0.2, 0) is 4.79 Å². The molecule has 3 nitrogen and oxygen atoms in total. The second kappa shape index (κ2) is 7.18. The molecule has 1 amide bonds. The zero-order valence-electron chi connectivity index (χ0n) is 12.1. The number of rotatable bonds is 5. The molecule has 0 spiro atoms. The van der Waals surface area contributed by atoms with E-state index in [2.05, 4.69) is 5.32 Å². The van der Waals surface area contributed by atoms with Gasteiger partial charge in [0.25, 0.3) is 0 Å². The van der Waals surface area contributed by atoms with Crippen molar-refractivity contribution in [3.8, 4) is 5.75 Å². The highest BCUT2D eigenvalue weighted by molar-refractivity contribution is 8.00. The third-order valence-corrected chi connectivity index (χ3v) is 4.27. The summed E-state index contributed by atoms with van der Waals surface area (Å²) < 4.78 is 0. The van der Waals surface area contributed by atoms with Crippen LogP contribution in [0.15, 0.2) is 59.5 Å². The summed E-state index contributed by atoms with van der Waals surface area (Å²) in [6.45, 7) is 3.80. The van der Waals surface area contributed by atoms with Crippen LogP contribution in [0.25, 0.3) is 0 Å². The summed E-state index contributed by atoms with van der Waals surface area (Å²) in [6, 6.07) is 16.7. The molecule has 110 valence electrons. The van der Waals surface area contributed by atoms with Gasteiger partial charge in [0.15, 0.2) is 0 Å². The van der Waals surface area contributed by atoms with Crippen LogP contribution in [0.2, 0.25) is 0 Å². The summed E-state index contributed by atoms with van der Waals surface area (Å²) in [6.07, 6.45) is 0. The molecule has 2 N–H and O–H groups in total. The quantitative estimate of drug-likeness (QED) is 0.827. The highest BCUT2D eigenvalue weighted by Gasteiger charge is 2.17. The molecule has 0 fully saturated rings. The molecule has 0 bridgehead atoms. The first-order valence-electron chi connectivity index (χ1n) is 6.87. The Hall–Kier alpha value is -1.94. The minimum Gasteiger partial charge on any atom is -0.508 e. The number of amides is 1. The zero-order chi connectivity index (χ0) is 15.2. The van der Waals surface area contributed by atoms with Crippen molar-refractivity contribution < 1.29 is 9.90 Å². The van der Waals surface area contributed by atoms with E-state index in [1.165, 1.54) is 11.8 Å². The van der Waals surface area contributed by atoms with Gasteiger partial charge in [-0.1, -0.05) is 30.3 Å². The second-order valence-corrected chi connectivity index (χ2v) is 6.31. The minimum absolute atomic E-state index is 0.0142. The van der Waals surface area contributed by atoms with Gasteiger partial charge in [-0.05, 0) is 43.7 Å². The van der Waals surface area contributed by atoms with Gasteiger partial charge in [-0.25, -0.2) is 0 Å². The highest BCUT2D eigenvalue weighted by atomic mass is 32.2. The van der Waals surface area contributed by atoms with Crippen LogP contribution in [0.1, 0.15) is 25.5 Å². The van der Waals surface area contributed by atoms with Crippen LogP contribution < -0.4 is 5.32 Å². The van der Waals surface area contributed by atoms with E-state index >= 15 is 0 Å². The number of hydrogen-bond donors (Lipinski definition) is 2. The Kier molecular flexibility index (Phi) is 5.28. The van der Waals surface area contributed by atoms with E-state index in [0.29, 0.717) is 0 Å². The van der Waals surface area contributed by atoms with Crippen LogP contribution in [0.3, 0.4) is 0 Å². The number of aromatic hydroxyl groups is 1. The zero-order valence-corrected chi connectivity index (χ0v) is 12.9. The number of carbonyl (C=O) groups is 1. The fourth-order valence-electron chi connectivity index (χ4n) is 1.96. The number of phenols is 1. The van der Waals surface area contributed by atoms with Crippen molar-refractivity contribution in [2.75, 3.05) is 0 Å². The number of nitrogens with one attached hydrogen (secondary N) is 1. The van der Waals surface area contributed by atoms with Gasteiger partial charge in [-0.15, -0.1) is 11.8 Å². The molecule has 0 aliphatic heterocycles. The average Bonchev–Trinajstić information content (AvgIpc) is 2.48. The molecule has 0 saturated heterocycles. The summed E-state index contributed by atoms with van der Waals surface area (Å²) in [5.41, 5.74) is 0.889. The van der Waals surface area contributed by atoms with Crippen LogP contribution in [0, 0.1) is 0 Å². The Labute approximate surface area is 129 Å². The largest absolute Gasteiger partial charge is 0.508 e. The third kappa shape index (κ3) is 4.53. The number of benzene rings is 2. The molecule has 0 radical (unpaired) electrons. The van der Waals surface area contributed by atoms with Crippen molar-refractivity contribution in [2.45, 2.75) is 30.0 Å². The standard InChI is InChI=1S/C17H19NO2S/c1-12(14-7-6-8-15(19)11-14)18-17(20)13(2)21-16-9-4-3-5-10-16/h3-13,19H,1-2H3,(H,18,20)/t12-,13-/m1/s1. The highest BCUT2D eigenvalue weighted by Crippen LogP contribution is 2.24. The molecule has 0 aromatic heterocycles. The van der Waals surface area contributed by atoms with Crippen LogP contribution in [-0.4, -0.2) is 16.3 Å². The Morgan fingerprint density at radius 2 is 1.81 bits per heavy atom. The van der Waals surface area contributed by atoms with E-state index in [9.17, 15) is 9.90 Å². The third-order valence-electron chi connectivity index (χ3n) is 3.15. The normalized spacial score (nSPS) is 13.4. The van der Waals surface area contributed by atoms with E-state index in [4.69, 9.17) is 0 Å². The molecule has 0 saturated carbocycles. The van der Waals surface area contributed by atoms with Crippen LogP contribution in [0.4, 0.5) is 0 Å². The molecule has 4 heteroatoms. The lowest BCUT2D eigenvalue weighted by Gasteiger charge is -2.18. The Morgan fingerprint density at radius 3 is 2.48 bits per heavy atom. The molecule has 0 unspecified atom stereocenters. The van der Waals surface area contributed by atoms with Crippen LogP contribution in [0.5, 0.6) is 5.75 Å². The first-order valence-corrected chi connectivity index (χ1v) is 7.75. The van der Waals surface area contributed by atoms with E-state index in [1.807, 2.05) is 50.2 Å². The first-order chi connectivity index (χ1) is 10.1. The van der Waals surface area contributed by atoms with E-state index in [0.717, 1.165) is 10.5 Å². The molecule has 21 heavy (non-hydrogen) atoms. The van der Waals surface area contributed by atoms with E-state index < -0.39 is 0 Å². The Bertz CT molecular complexity index is 601. The molecule has 0 aliphatic rings. The van der Waals surface area contributed by atoms with Crippen molar-refractivity contribution in [3.05, 3.63) is 60.2 Å². The number of hydrogen-bond acceptors (Lipinski definition) is 3. The summed E-state index contributed by atoms with van der Waals surface area (Å²) in [4.78, 5) is 13.3. The fraction of sp³-hybridized carbons (Fsp3) is 0.235. The lowest BCUT2D eigenvalue weighted by molar-refractivity contribution is -0.120. The average molecular weight is 301 g/mol. The van der Waals surface area contributed by atoms with Crippen molar-refractivity contribution >= 4 is 17.7 Å². The summed E-state index contributed by atoms with van der Waals surface area (Å²) in [5, 5.41) is 12.3. The minimum atomic E-state index is -0.174. The molecule has 2 aromatic carbocycles. The van der Waals surface area contributed by atoms with Gasteiger partial charge in [0, 0.05) is 4.90 Å². The van der Waals surface area contributed by atoms with Gasteiger partial charge in [0.2, 0.25) is 5.91 Å². The molecular formula is C17H19NO2S. The number of thioether (sulfide) groups is 1. The number of phenolic OH excluding ortho intramolecular Hbond substituents is 1. The van der Waals surface area contributed by atoms with E-state index in [-0.39, 0.29) is 22.9 Å². The first kappa shape index (κ1) is 15.4. The van der Waals surface area contributed by atoms with E-state index in [1.54, 1.807) is 18.2 Å². The fourth-order valence-corrected chi connectivity index (χ4v) is 2.86. The van der Waals surface area contributed by atoms with Gasteiger partial charge < -0.3 is 10.4 Å². The lowest BCUT2D eigenvalue weighted by Crippen LogP contribution is -2.33. The maximum absolute atomic E-state index is 12.2. The van der Waals surface area contributed by atoms with Gasteiger partial charge in [-0.3, -0.25) is 4.79 Å². The van der Waals surface area contributed by atoms with Gasteiger partial charge in [0.05, 0.1) is 11.3 Å². The summed E-state index contributed by atoms with van der Waals surface area (Å²) in [7, 11) is 0. The topological polar surface area (TPSA) is 49.3 Å². The second-order valence-electron chi connectivity index (χ2n) is 4.90. The molecule has 2 aromatic rings. The SMILES string of the molecule is C[C@@H](Sc1ccccc1)C(=O)N[C@H](C)c1cccc(O)c1. The number of carbonyl (C=O) groups excluding carboxylic acids is 1. The predicted octanol–water partition coefficient (Wildman–Crippen LogP) is 3.75. The molecule has 0 aliphatic carbocycles. The predicted molar refractivity (Wildman–Crippen MR) is 86.4 cm³/mol. The van der Waals surface area contributed by atoms with Gasteiger partial charge in [-0.2, -0.15) is 0 Å². The molecule has 2 atom stereocenters. The van der Waals surface area contributed by atoms with Crippen molar-refractivity contribution in [1.82, 2.24) is 5.32 Å². The van der Waals surface area contributed by atoms with Gasteiger partial charge >= 0.3 is 0 Å². The monoisotopic (exact) mass is 301 g/mol. The van der Waals surface area contributed by atoms with Crippen molar-refractivity contribution in [3.63, 3.8) is 0 Å². The molecule has 2 rings (SSSR count). The Morgan fingerprint density at radius 1 is 1.10 bits per heavy atom. The molecule has 0 heterocycles. The maximum Gasteiger partial charge on any atom is 0.233 e. The van der Waals surface area contributed by atoms with Crippen LogP contribution >= 0.6 is 11.8 Å². The molecular weight excluding hydrogens is 282 g/mol. The summed E-state index contributed by atoms with van der Waals surface area (Å²) in [5.74, 6) is 0.194. The Balaban J connectivity index is 1.94. The van der Waals surface area contributed by atoms with Gasteiger partial charge in [0.1, 0.15) is 5.75 Å².